The molecule has 0 aromatic carbocycles. The SMILES string of the molecule is O=C(NC1CCN(c2cccnn2)CC1)NC1CC2OCCCC12. The van der Waals surface area contributed by atoms with E-state index in [1.807, 2.05) is 12.1 Å². The van der Waals surface area contributed by atoms with Crippen LogP contribution in [0.3, 0.4) is 0 Å². The quantitative estimate of drug-likeness (QED) is 0.873. The van der Waals surface area contributed by atoms with Crippen molar-refractivity contribution in [2.75, 3.05) is 24.6 Å². The second-order valence-corrected chi connectivity index (χ2v) is 7.02. The molecule has 1 saturated carbocycles. The van der Waals surface area contributed by atoms with Gasteiger partial charge in [0.25, 0.3) is 0 Å². The van der Waals surface area contributed by atoms with Crippen molar-refractivity contribution in [3.8, 4) is 0 Å². The lowest BCUT2D eigenvalue weighted by Crippen LogP contribution is -2.60. The first-order valence-electron chi connectivity index (χ1n) is 9.01. The lowest BCUT2D eigenvalue weighted by Gasteiger charge is -2.47. The first-order chi connectivity index (χ1) is 11.8. The molecule has 3 unspecified atom stereocenters. The van der Waals surface area contributed by atoms with Crippen LogP contribution >= 0.6 is 0 Å². The molecule has 24 heavy (non-hydrogen) atoms. The molecule has 3 heterocycles. The van der Waals surface area contributed by atoms with Crippen LogP contribution in [0.2, 0.25) is 0 Å². The van der Waals surface area contributed by atoms with E-state index in [4.69, 9.17) is 4.74 Å². The van der Waals surface area contributed by atoms with Gasteiger partial charge in [0, 0.05) is 43.9 Å². The summed E-state index contributed by atoms with van der Waals surface area (Å²) in [4.78, 5) is 14.5. The zero-order chi connectivity index (χ0) is 16.4. The Labute approximate surface area is 142 Å². The fraction of sp³-hybridized carbons (Fsp3) is 0.706. The zero-order valence-electron chi connectivity index (χ0n) is 13.9. The Morgan fingerprint density at radius 2 is 2.12 bits per heavy atom. The average molecular weight is 331 g/mol. The molecule has 0 radical (unpaired) electrons. The Morgan fingerprint density at radius 1 is 1.25 bits per heavy atom. The van der Waals surface area contributed by atoms with Crippen LogP contribution in [0.25, 0.3) is 0 Å². The van der Waals surface area contributed by atoms with Gasteiger partial charge in [-0.1, -0.05) is 0 Å². The third kappa shape index (κ3) is 3.31. The molecule has 130 valence electrons. The number of amides is 2. The number of rotatable bonds is 3. The number of anilines is 1. The van der Waals surface area contributed by atoms with Crippen molar-refractivity contribution in [3.63, 3.8) is 0 Å². The molecule has 3 aliphatic rings. The van der Waals surface area contributed by atoms with Gasteiger partial charge >= 0.3 is 6.03 Å². The van der Waals surface area contributed by atoms with Crippen LogP contribution < -0.4 is 15.5 Å². The first-order valence-corrected chi connectivity index (χ1v) is 9.01. The van der Waals surface area contributed by atoms with Gasteiger partial charge in [-0.3, -0.25) is 0 Å². The van der Waals surface area contributed by atoms with Crippen molar-refractivity contribution < 1.29 is 9.53 Å². The summed E-state index contributed by atoms with van der Waals surface area (Å²) in [5, 5.41) is 14.3. The molecule has 4 rings (SSSR count). The van der Waals surface area contributed by atoms with E-state index < -0.39 is 0 Å². The fourth-order valence-corrected chi connectivity index (χ4v) is 4.07. The van der Waals surface area contributed by atoms with Gasteiger partial charge in [0.1, 0.15) is 0 Å². The predicted octanol–water partition coefficient (Wildman–Crippen LogP) is 1.31. The van der Waals surface area contributed by atoms with Gasteiger partial charge in [-0.25, -0.2) is 4.79 Å². The van der Waals surface area contributed by atoms with E-state index in [-0.39, 0.29) is 18.1 Å². The Balaban J connectivity index is 1.20. The van der Waals surface area contributed by atoms with Crippen LogP contribution in [0.15, 0.2) is 18.3 Å². The number of urea groups is 1. The number of hydrogen-bond donors (Lipinski definition) is 2. The molecule has 0 bridgehead atoms. The molecule has 0 spiro atoms. The summed E-state index contributed by atoms with van der Waals surface area (Å²) >= 11 is 0. The standard InChI is InChI=1S/C17H25N5O2/c23-17(20-14-11-15-13(14)3-2-10-24-15)19-12-5-8-22(9-6-12)16-4-1-7-18-21-16/h1,4,7,12-15H,2-3,5-6,8-11H2,(H2,19,20,23). The Morgan fingerprint density at radius 3 is 2.88 bits per heavy atom. The van der Waals surface area contributed by atoms with E-state index in [1.54, 1.807) is 6.20 Å². The molecular formula is C17H25N5O2. The molecule has 2 aliphatic heterocycles. The van der Waals surface area contributed by atoms with Gasteiger partial charge in [0.15, 0.2) is 5.82 Å². The number of aromatic nitrogens is 2. The summed E-state index contributed by atoms with van der Waals surface area (Å²) in [5.41, 5.74) is 0. The van der Waals surface area contributed by atoms with E-state index in [0.717, 1.165) is 51.2 Å². The first kappa shape index (κ1) is 15.6. The molecule has 2 amide bonds. The van der Waals surface area contributed by atoms with Crippen molar-refractivity contribution >= 4 is 11.8 Å². The normalized spacial score (nSPS) is 30.2. The molecule has 7 heteroatoms. The molecule has 1 aromatic heterocycles. The lowest BCUT2D eigenvalue weighted by atomic mass is 9.72. The largest absolute Gasteiger partial charge is 0.378 e. The number of nitrogens with zero attached hydrogens (tertiary/aromatic N) is 3. The average Bonchev–Trinajstić information content (AvgIpc) is 2.61. The van der Waals surface area contributed by atoms with Crippen LogP contribution in [0.4, 0.5) is 10.6 Å². The molecular weight excluding hydrogens is 306 g/mol. The molecule has 2 N–H and O–H groups in total. The van der Waals surface area contributed by atoms with Crippen LogP contribution in [-0.4, -0.2) is 54.1 Å². The smallest absolute Gasteiger partial charge is 0.315 e. The third-order valence-corrected chi connectivity index (χ3v) is 5.52. The highest BCUT2D eigenvalue weighted by molar-refractivity contribution is 5.74. The third-order valence-electron chi connectivity index (χ3n) is 5.52. The number of piperidine rings is 1. The van der Waals surface area contributed by atoms with Crippen molar-refractivity contribution in [2.24, 2.45) is 5.92 Å². The number of ether oxygens (including phenoxy) is 1. The molecule has 2 saturated heterocycles. The number of nitrogens with one attached hydrogen (secondary N) is 2. The Bertz CT molecular complexity index is 561. The van der Waals surface area contributed by atoms with Crippen molar-refractivity contribution in [3.05, 3.63) is 18.3 Å². The summed E-state index contributed by atoms with van der Waals surface area (Å²) in [7, 11) is 0. The fourth-order valence-electron chi connectivity index (χ4n) is 4.07. The monoisotopic (exact) mass is 331 g/mol. The van der Waals surface area contributed by atoms with E-state index >= 15 is 0 Å². The Hall–Kier alpha value is -1.89. The summed E-state index contributed by atoms with van der Waals surface area (Å²) in [6, 6.07) is 4.38. The highest BCUT2D eigenvalue weighted by Crippen LogP contribution is 2.37. The van der Waals surface area contributed by atoms with Crippen LogP contribution in [0, 0.1) is 5.92 Å². The van der Waals surface area contributed by atoms with Gasteiger partial charge in [-0.2, -0.15) is 5.10 Å². The van der Waals surface area contributed by atoms with Crippen LogP contribution in [0.5, 0.6) is 0 Å². The maximum Gasteiger partial charge on any atom is 0.315 e. The minimum Gasteiger partial charge on any atom is -0.378 e. The summed E-state index contributed by atoms with van der Waals surface area (Å²) < 4.78 is 5.70. The number of carbonyl (C=O) groups is 1. The molecule has 3 atom stereocenters. The minimum absolute atomic E-state index is 0.0259. The van der Waals surface area contributed by atoms with Crippen molar-refractivity contribution in [1.29, 1.82) is 0 Å². The summed E-state index contributed by atoms with van der Waals surface area (Å²) in [6.07, 6.45) is 7.18. The van der Waals surface area contributed by atoms with Gasteiger partial charge in [-0.05, 0) is 44.2 Å². The molecule has 1 aliphatic carbocycles. The lowest BCUT2D eigenvalue weighted by molar-refractivity contribution is -0.1000. The van der Waals surface area contributed by atoms with E-state index in [9.17, 15) is 4.79 Å². The van der Waals surface area contributed by atoms with Gasteiger partial charge in [-0.15, -0.1) is 5.10 Å². The van der Waals surface area contributed by atoms with E-state index in [0.29, 0.717) is 12.0 Å². The second-order valence-electron chi connectivity index (χ2n) is 7.02. The maximum atomic E-state index is 12.2. The van der Waals surface area contributed by atoms with E-state index in [1.165, 1.54) is 6.42 Å². The van der Waals surface area contributed by atoms with Gasteiger partial charge in [0.05, 0.1) is 6.10 Å². The van der Waals surface area contributed by atoms with E-state index in [2.05, 4.69) is 25.7 Å². The topological polar surface area (TPSA) is 79.4 Å². The second kappa shape index (κ2) is 6.93. The Kier molecular flexibility index (Phi) is 4.51. The predicted molar refractivity (Wildman–Crippen MR) is 89.8 cm³/mol. The van der Waals surface area contributed by atoms with Crippen molar-refractivity contribution in [1.82, 2.24) is 20.8 Å². The molecule has 1 aromatic rings. The summed E-state index contributed by atoms with van der Waals surface area (Å²) in [6.45, 7) is 2.67. The number of carbonyl (C=O) groups excluding carboxylic acids is 1. The zero-order valence-corrected chi connectivity index (χ0v) is 13.9. The van der Waals surface area contributed by atoms with Gasteiger partial charge < -0.3 is 20.3 Å². The molecule has 7 nitrogen and oxygen atoms in total. The number of fused-ring (bicyclic) bond motifs is 1. The van der Waals surface area contributed by atoms with Crippen molar-refractivity contribution in [2.45, 2.75) is 50.3 Å². The van der Waals surface area contributed by atoms with Gasteiger partial charge in [0.2, 0.25) is 0 Å². The van der Waals surface area contributed by atoms with Crippen LogP contribution in [-0.2, 0) is 4.74 Å². The highest BCUT2D eigenvalue weighted by Gasteiger charge is 2.44. The maximum absolute atomic E-state index is 12.2. The number of hydrogen-bond acceptors (Lipinski definition) is 5. The summed E-state index contributed by atoms with van der Waals surface area (Å²) in [5.74, 6) is 1.43. The highest BCUT2D eigenvalue weighted by atomic mass is 16.5. The minimum atomic E-state index is -0.0259. The molecule has 3 fully saturated rings. The van der Waals surface area contributed by atoms with Crippen LogP contribution in [0.1, 0.15) is 32.1 Å².